The number of amides is 1. The number of likely N-dealkylation sites (tertiary alicyclic amines) is 1. The van der Waals surface area contributed by atoms with Crippen LogP contribution in [-0.4, -0.2) is 56.3 Å². The second-order valence-electron chi connectivity index (χ2n) is 6.63. The second-order valence-corrected chi connectivity index (χ2v) is 6.63. The molecule has 0 aromatic heterocycles. The van der Waals surface area contributed by atoms with E-state index in [1.807, 2.05) is 30.3 Å². The molecule has 5 nitrogen and oxygen atoms in total. The van der Waals surface area contributed by atoms with E-state index in [0.717, 1.165) is 57.7 Å². The standard InChI is InChI=1S/C19H28N2O3/c22-19(20-10-14-24-18-6-2-1-3-7-18)16-5-4-11-21(15-16)17-8-12-23-13-9-17/h1-3,6-7,16-17H,4-5,8-15H2,(H,20,22)/t16-/m0/s1. The number of piperidine rings is 1. The lowest BCUT2D eigenvalue weighted by molar-refractivity contribution is -0.127. The Hall–Kier alpha value is -1.59. The third-order valence-corrected chi connectivity index (χ3v) is 4.94. The fourth-order valence-electron chi connectivity index (χ4n) is 3.61. The Labute approximate surface area is 144 Å². The van der Waals surface area contributed by atoms with Crippen LogP contribution in [0.5, 0.6) is 5.75 Å². The molecular formula is C19H28N2O3. The highest BCUT2D eigenvalue weighted by Crippen LogP contribution is 2.23. The van der Waals surface area contributed by atoms with E-state index < -0.39 is 0 Å². The van der Waals surface area contributed by atoms with Gasteiger partial charge < -0.3 is 14.8 Å². The fraction of sp³-hybridized carbons (Fsp3) is 0.632. The van der Waals surface area contributed by atoms with Crippen molar-refractivity contribution in [1.82, 2.24) is 10.2 Å². The first-order chi connectivity index (χ1) is 11.8. The number of ether oxygens (including phenoxy) is 2. The van der Waals surface area contributed by atoms with Crippen LogP contribution in [0.4, 0.5) is 0 Å². The number of hydrogen-bond acceptors (Lipinski definition) is 4. The fourth-order valence-corrected chi connectivity index (χ4v) is 3.61. The van der Waals surface area contributed by atoms with Crippen molar-refractivity contribution in [2.75, 3.05) is 39.5 Å². The SMILES string of the molecule is O=C(NCCOc1ccccc1)[C@H]1CCCN(C2CCOCC2)C1. The molecule has 132 valence electrons. The molecule has 0 saturated carbocycles. The van der Waals surface area contributed by atoms with Crippen molar-refractivity contribution < 1.29 is 14.3 Å². The first-order valence-corrected chi connectivity index (χ1v) is 9.10. The van der Waals surface area contributed by atoms with Crippen molar-refractivity contribution >= 4 is 5.91 Å². The van der Waals surface area contributed by atoms with Gasteiger partial charge in [0.15, 0.2) is 0 Å². The van der Waals surface area contributed by atoms with E-state index in [4.69, 9.17) is 9.47 Å². The summed E-state index contributed by atoms with van der Waals surface area (Å²) in [5.41, 5.74) is 0. The number of nitrogens with zero attached hydrogens (tertiary/aromatic N) is 1. The maximum atomic E-state index is 12.4. The topological polar surface area (TPSA) is 50.8 Å². The van der Waals surface area contributed by atoms with Crippen molar-refractivity contribution in [3.8, 4) is 5.75 Å². The molecular weight excluding hydrogens is 304 g/mol. The normalized spacial score (nSPS) is 22.9. The molecule has 3 rings (SSSR count). The predicted molar refractivity (Wildman–Crippen MR) is 93.1 cm³/mol. The second kappa shape index (κ2) is 9.04. The predicted octanol–water partition coefficient (Wildman–Crippen LogP) is 2.07. The molecule has 2 heterocycles. The van der Waals surface area contributed by atoms with E-state index in [2.05, 4.69) is 10.2 Å². The third-order valence-electron chi connectivity index (χ3n) is 4.94. The zero-order valence-electron chi connectivity index (χ0n) is 14.3. The van der Waals surface area contributed by atoms with E-state index in [1.165, 1.54) is 0 Å². The van der Waals surface area contributed by atoms with Gasteiger partial charge in [-0.15, -0.1) is 0 Å². The van der Waals surface area contributed by atoms with Gasteiger partial charge in [-0.3, -0.25) is 9.69 Å². The van der Waals surface area contributed by atoms with Gasteiger partial charge >= 0.3 is 0 Å². The number of rotatable bonds is 6. The summed E-state index contributed by atoms with van der Waals surface area (Å²) >= 11 is 0. The molecule has 0 radical (unpaired) electrons. The van der Waals surface area contributed by atoms with Crippen LogP contribution in [0, 0.1) is 5.92 Å². The van der Waals surface area contributed by atoms with Gasteiger partial charge in [0.25, 0.3) is 0 Å². The number of hydrogen-bond donors (Lipinski definition) is 1. The third kappa shape index (κ3) is 4.95. The number of benzene rings is 1. The van der Waals surface area contributed by atoms with Crippen LogP contribution in [-0.2, 0) is 9.53 Å². The van der Waals surface area contributed by atoms with Crippen molar-refractivity contribution in [2.45, 2.75) is 31.7 Å². The van der Waals surface area contributed by atoms with Gasteiger partial charge in [-0.05, 0) is 44.4 Å². The number of carbonyl (C=O) groups is 1. The van der Waals surface area contributed by atoms with Crippen LogP contribution in [0.25, 0.3) is 0 Å². The molecule has 2 fully saturated rings. The monoisotopic (exact) mass is 332 g/mol. The van der Waals surface area contributed by atoms with Crippen LogP contribution in [0.2, 0.25) is 0 Å². The Balaban J connectivity index is 1.38. The average molecular weight is 332 g/mol. The van der Waals surface area contributed by atoms with E-state index in [-0.39, 0.29) is 11.8 Å². The first-order valence-electron chi connectivity index (χ1n) is 9.10. The van der Waals surface area contributed by atoms with Crippen LogP contribution in [0.1, 0.15) is 25.7 Å². The molecule has 2 aliphatic heterocycles. The summed E-state index contributed by atoms with van der Waals surface area (Å²) in [5, 5.41) is 3.03. The molecule has 2 saturated heterocycles. The quantitative estimate of drug-likeness (QED) is 0.810. The molecule has 0 bridgehead atoms. The van der Waals surface area contributed by atoms with Gasteiger partial charge in [0.2, 0.25) is 5.91 Å². The molecule has 2 aliphatic rings. The van der Waals surface area contributed by atoms with E-state index >= 15 is 0 Å². The van der Waals surface area contributed by atoms with Crippen LogP contribution in [0.3, 0.4) is 0 Å². The summed E-state index contributed by atoms with van der Waals surface area (Å²) in [6.45, 7) is 4.78. The van der Waals surface area contributed by atoms with Gasteiger partial charge in [0.05, 0.1) is 12.5 Å². The lowest BCUT2D eigenvalue weighted by atomic mass is 9.94. The van der Waals surface area contributed by atoms with Gasteiger partial charge in [-0.2, -0.15) is 0 Å². The van der Waals surface area contributed by atoms with E-state index in [0.29, 0.717) is 19.2 Å². The Bertz CT molecular complexity index is 503. The maximum absolute atomic E-state index is 12.4. The summed E-state index contributed by atoms with van der Waals surface area (Å²) in [5.74, 6) is 1.12. The minimum Gasteiger partial charge on any atom is -0.492 e. The van der Waals surface area contributed by atoms with Crippen molar-refractivity contribution in [3.05, 3.63) is 30.3 Å². The Kier molecular flexibility index (Phi) is 6.49. The average Bonchev–Trinajstić information content (AvgIpc) is 2.67. The minimum atomic E-state index is 0.110. The van der Waals surface area contributed by atoms with E-state index in [1.54, 1.807) is 0 Å². The van der Waals surface area contributed by atoms with Gasteiger partial charge in [-0.1, -0.05) is 18.2 Å². The largest absolute Gasteiger partial charge is 0.492 e. The summed E-state index contributed by atoms with van der Waals surface area (Å²) in [6, 6.07) is 10.3. The zero-order chi connectivity index (χ0) is 16.6. The highest BCUT2D eigenvalue weighted by molar-refractivity contribution is 5.78. The molecule has 24 heavy (non-hydrogen) atoms. The van der Waals surface area contributed by atoms with Crippen LogP contribution < -0.4 is 10.1 Å². The summed E-state index contributed by atoms with van der Waals surface area (Å²) < 4.78 is 11.1. The Morgan fingerprint density at radius 1 is 1.21 bits per heavy atom. The van der Waals surface area contributed by atoms with Crippen molar-refractivity contribution in [2.24, 2.45) is 5.92 Å². The van der Waals surface area contributed by atoms with Gasteiger partial charge in [-0.25, -0.2) is 0 Å². The molecule has 1 aromatic carbocycles. The number of carbonyl (C=O) groups excluding carboxylic acids is 1. The lowest BCUT2D eigenvalue weighted by Crippen LogP contribution is -2.49. The van der Waals surface area contributed by atoms with Gasteiger partial charge in [0.1, 0.15) is 12.4 Å². The molecule has 1 aromatic rings. The van der Waals surface area contributed by atoms with Crippen molar-refractivity contribution in [1.29, 1.82) is 0 Å². The Morgan fingerprint density at radius 2 is 2.00 bits per heavy atom. The summed E-state index contributed by atoms with van der Waals surface area (Å²) in [6.07, 6.45) is 4.29. The number of nitrogens with one attached hydrogen (secondary N) is 1. The van der Waals surface area contributed by atoms with E-state index in [9.17, 15) is 4.79 Å². The lowest BCUT2D eigenvalue weighted by Gasteiger charge is -2.39. The molecule has 1 amide bonds. The maximum Gasteiger partial charge on any atom is 0.224 e. The molecule has 0 spiro atoms. The summed E-state index contributed by atoms with van der Waals surface area (Å²) in [7, 11) is 0. The van der Waals surface area contributed by atoms with Crippen LogP contribution in [0.15, 0.2) is 30.3 Å². The zero-order valence-corrected chi connectivity index (χ0v) is 14.3. The highest BCUT2D eigenvalue weighted by atomic mass is 16.5. The van der Waals surface area contributed by atoms with Crippen LogP contribution >= 0.6 is 0 Å². The Morgan fingerprint density at radius 3 is 2.79 bits per heavy atom. The molecule has 0 aliphatic carbocycles. The molecule has 1 N–H and O–H groups in total. The molecule has 0 unspecified atom stereocenters. The van der Waals surface area contributed by atoms with Crippen molar-refractivity contribution in [3.63, 3.8) is 0 Å². The van der Waals surface area contributed by atoms with Gasteiger partial charge in [0, 0.05) is 25.8 Å². The first kappa shape index (κ1) is 17.2. The molecule has 1 atom stereocenters. The number of para-hydroxylation sites is 1. The smallest absolute Gasteiger partial charge is 0.224 e. The summed E-state index contributed by atoms with van der Waals surface area (Å²) in [4.78, 5) is 14.9. The highest BCUT2D eigenvalue weighted by Gasteiger charge is 2.30. The molecule has 5 heteroatoms. The minimum absolute atomic E-state index is 0.110.